The quantitative estimate of drug-likeness (QED) is 0.902. The fourth-order valence-corrected chi connectivity index (χ4v) is 1.64. The first-order valence-corrected chi connectivity index (χ1v) is 6.17. The average molecular weight is 301 g/mol. The third-order valence-corrected chi connectivity index (χ3v) is 2.61. The number of hydrogen-bond donors (Lipinski definition) is 1. The van der Waals surface area contributed by atoms with Crippen LogP contribution in [0.25, 0.3) is 5.95 Å². The van der Waals surface area contributed by atoms with Crippen LogP contribution in [-0.2, 0) is 0 Å². The van der Waals surface area contributed by atoms with E-state index in [1.54, 1.807) is 20.2 Å². The number of imidazole rings is 1. The maximum atomic E-state index is 12.6. The second-order valence-electron chi connectivity index (χ2n) is 4.11. The van der Waals surface area contributed by atoms with Crippen molar-refractivity contribution in [3.63, 3.8) is 0 Å². The highest BCUT2D eigenvalue weighted by atomic mass is 19.4. The summed E-state index contributed by atoms with van der Waals surface area (Å²) >= 11 is 0. The van der Waals surface area contributed by atoms with Gasteiger partial charge >= 0.3 is 6.18 Å². The van der Waals surface area contributed by atoms with E-state index in [1.807, 2.05) is 0 Å². The number of rotatable bonds is 5. The van der Waals surface area contributed by atoms with Crippen molar-refractivity contribution in [2.24, 2.45) is 0 Å². The van der Waals surface area contributed by atoms with E-state index >= 15 is 0 Å². The molecule has 2 aromatic rings. The number of anilines is 2. The Hall–Kier alpha value is -2.39. The molecule has 2 aromatic heterocycles. The van der Waals surface area contributed by atoms with E-state index in [0.29, 0.717) is 0 Å². The molecule has 0 unspecified atom stereocenters. The Morgan fingerprint density at radius 3 is 2.57 bits per heavy atom. The molecule has 0 bridgehead atoms. The van der Waals surface area contributed by atoms with Crippen molar-refractivity contribution >= 4 is 11.9 Å². The van der Waals surface area contributed by atoms with Crippen LogP contribution in [0.15, 0.2) is 18.7 Å². The summed E-state index contributed by atoms with van der Waals surface area (Å²) in [5, 5.41) is 2.71. The number of nitrogens with one attached hydrogen (secondary N) is 1. The predicted octanol–water partition coefficient (Wildman–Crippen LogP) is 1.49. The van der Waals surface area contributed by atoms with Crippen LogP contribution in [0.2, 0.25) is 0 Å². The van der Waals surface area contributed by atoms with Gasteiger partial charge in [0.25, 0.3) is 0 Å². The van der Waals surface area contributed by atoms with Gasteiger partial charge in [0.2, 0.25) is 17.8 Å². The molecule has 0 aromatic carbocycles. The summed E-state index contributed by atoms with van der Waals surface area (Å²) in [6.45, 7) is 0.599. The minimum Gasteiger partial charge on any atom is -0.357 e. The van der Waals surface area contributed by atoms with Crippen LogP contribution in [0, 0.1) is 0 Å². The molecule has 0 aliphatic carbocycles. The minimum atomic E-state index is -4.34. The number of aromatic nitrogens is 5. The lowest BCUT2D eigenvalue weighted by Gasteiger charge is -2.22. The zero-order chi connectivity index (χ0) is 15.5. The standard InChI is InChI=1S/C11H14F3N7/c1-3-20(6-11(12,13)14)9-17-8(15-2)18-10(19-9)21-5-4-16-7-21/h4-5,7H,3,6H2,1-2H3,(H,15,17,18,19). The number of nitrogens with zero attached hydrogens (tertiary/aromatic N) is 6. The molecule has 0 amide bonds. The third kappa shape index (κ3) is 3.80. The van der Waals surface area contributed by atoms with E-state index in [9.17, 15) is 13.2 Å². The number of alkyl halides is 3. The van der Waals surface area contributed by atoms with Gasteiger partial charge in [-0.25, -0.2) is 4.98 Å². The van der Waals surface area contributed by atoms with Crippen LogP contribution in [0.1, 0.15) is 6.92 Å². The van der Waals surface area contributed by atoms with Crippen molar-refractivity contribution in [2.45, 2.75) is 13.1 Å². The summed E-state index contributed by atoms with van der Waals surface area (Å²) in [5.74, 6) is 0.338. The molecule has 0 fully saturated rings. The largest absolute Gasteiger partial charge is 0.406 e. The average Bonchev–Trinajstić information content (AvgIpc) is 2.97. The molecule has 0 aliphatic rings. The van der Waals surface area contributed by atoms with Gasteiger partial charge in [-0.15, -0.1) is 0 Å². The Morgan fingerprint density at radius 2 is 2.05 bits per heavy atom. The molecule has 0 radical (unpaired) electrons. The SMILES string of the molecule is CCN(CC(F)(F)F)c1nc(NC)nc(-n2ccnc2)n1. The lowest BCUT2D eigenvalue weighted by molar-refractivity contribution is -0.119. The molecular weight excluding hydrogens is 287 g/mol. The van der Waals surface area contributed by atoms with Crippen molar-refractivity contribution < 1.29 is 13.2 Å². The zero-order valence-corrected chi connectivity index (χ0v) is 11.5. The molecule has 7 nitrogen and oxygen atoms in total. The Bertz CT molecular complexity index is 582. The topological polar surface area (TPSA) is 71.8 Å². The summed E-state index contributed by atoms with van der Waals surface area (Å²) < 4.78 is 39.3. The highest BCUT2D eigenvalue weighted by Gasteiger charge is 2.31. The van der Waals surface area contributed by atoms with Crippen LogP contribution in [0.5, 0.6) is 0 Å². The lowest BCUT2D eigenvalue weighted by Crippen LogP contribution is -2.35. The van der Waals surface area contributed by atoms with Gasteiger partial charge in [0.05, 0.1) is 0 Å². The Balaban J connectivity index is 2.40. The Kier molecular flexibility index (Phi) is 4.24. The monoisotopic (exact) mass is 301 g/mol. The number of hydrogen-bond acceptors (Lipinski definition) is 6. The van der Waals surface area contributed by atoms with Crippen molar-refractivity contribution in [1.29, 1.82) is 0 Å². The van der Waals surface area contributed by atoms with Gasteiger partial charge in [-0.05, 0) is 6.92 Å². The zero-order valence-electron chi connectivity index (χ0n) is 11.5. The summed E-state index contributed by atoms with van der Waals surface area (Å²) in [6, 6.07) is 0. The maximum Gasteiger partial charge on any atom is 0.406 e. The first-order chi connectivity index (χ1) is 9.93. The first-order valence-electron chi connectivity index (χ1n) is 6.17. The van der Waals surface area contributed by atoms with E-state index < -0.39 is 12.7 Å². The fourth-order valence-electron chi connectivity index (χ4n) is 1.64. The molecule has 21 heavy (non-hydrogen) atoms. The van der Waals surface area contributed by atoms with Gasteiger partial charge in [-0.1, -0.05) is 0 Å². The van der Waals surface area contributed by atoms with E-state index in [1.165, 1.54) is 17.1 Å². The van der Waals surface area contributed by atoms with E-state index in [2.05, 4.69) is 25.3 Å². The second-order valence-corrected chi connectivity index (χ2v) is 4.11. The minimum absolute atomic E-state index is 0.0436. The molecule has 0 saturated heterocycles. The molecule has 10 heteroatoms. The molecule has 0 spiro atoms. The molecular formula is C11H14F3N7. The van der Waals surface area contributed by atoms with E-state index in [0.717, 1.165) is 4.90 Å². The van der Waals surface area contributed by atoms with Crippen LogP contribution in [0.3, 0.4) is 0 Å². The summed E-state index contributed by atoms with van der Waals surface area (Å²) in [6.07, 6.45) is 0.241. The highest BCUT2D eigenvalue weighted by molar-refractivity contribution is 5.40. The van der Waals surface area contributed by atoms with E-state index in [-0.39, 0.29) is 24.4 Å². The van der Waals surface area contributed by atoms with Gasteiger partial charge in [0.1, 0.15) is 12.9 Å². The lowest BCUT2D eigenvalue weighted by atomic mass is 10.5. The fraction of sp³-hybridized carbons (Fsp3) is 0.455. The van der Waals surface area contributed by atoms with Crippen LogP contribution in [0.4, 0.5) is 25.1 Å². The van der Waals surface area contributed by atoms with Crippen LogP contribution >= 0.6 is 0 Å². The third-order valence-electron chi connectivity index (χ3n) is 2.61. The van der Waals surface area contributed by atoms with Crippen LogP contribution < -0.4 is 10.2 Å². The maximum absolute atomic E-state index is 12.6. The predicted molar refractivity (Wildman–Crippen MR) is 70.4 cm³/mol. The smallest absolute Gasteiger partial charge is 0.357 e. The van der Waals surface area contributed by atoms with Crippen molar-refractivity contribution in [3.8, 4) is 5.95 Å². The van der Waals surface area contributed by atoms with Gasteiger partial charge in [-0.2, -0.15) is 28.1 Å². The molecule has 1 N–H and O–H groups in total. The van der Waals surface area contributed by atoms with Gasteiger partial charge in [-0.3, -0.25) is 4.57 Å². The summed E-state index contributed by atoms with van der Waals surface area (Å²) in [5.41, 5.74) is 0. The molecule has 0 saturated carbocycles. The molecule has 114 valence electrons. The molecule has 0 atom stereocenters. The normalized spacial score (nSPS) is 11.5. The van der Waals surface area contributed by atoms with Gasteiger partial charge in [0, 0.05) is 26.0 Å². The van der Waals surface area contributed by atoms with E-state index in [4.69, 9.17) is 0 Å². The summed E-state index contributed by atoms with van der Waals surface area (Å²) in [7, 11) is 1.58. The van der Waals surface area contributed by atoms with Crippen molar-refractivity contribution in [2.75, 3.05) is 30.4 Å². The second kappa shape index (κ2) is 5.94. The van der Waals surface area contributed by atoms with Crippen molar-refractivity contribution in [3.05, 3.63) is 18.7 Å². The van der Waals surface area contributed by atoms with Crippen LogP contribution in [-0.4, -0.2) is 50.8 Å². The molecule has 0 aliphatic heterocycles. The number of halogens is 3. The van der Waals surface area contributed by atoms with Crippen molar-refractivity contribution in [1.82, 2.24) is 24.5 Å². The van der Waals surface area contributed by atoms with Gasteiger partial charge in [0.15, 0.2) is 0 Å². The first kappa shape index (κ1) is 15.0. The van der Waals surface area contributed by atoms with Gasteiger partial charge < -0.3 is 10.2 Å². The Morgan fingerprint density at radius 1 is 1.29 bits per heavy atom. The molecule has 2 heterocycles. The molecule has 2 rings (SSSR count). The highest BCUT2D eigenvalue weighted by Crippen LogP contribution is 2.20. The Labute approximate surface area is 118 Å². The summed E-state index contributed by atoms with van der Waals surface area (Å²) in [4.78, 5) is 17.0.